The molecule has 11 aromatic rings. The van der Waals surface area contributed by atoms with Crippen molar-refractivity contribution < 1.29 is 0 Å². The summed E-state index contributed by atoms with van der Waals surface area (Å²) in [5, 5.41) is 4.89. The fourth-order valence-corrected chi connectivity index (χ4v) is 11.8. The van der Waals surface area contributed by atoms with Gasteiger partial charge in [-0.3, -0.25) is 4.57 Å². The van der Waals surface area contributed by atoms with Crippen LogP contribution in [0, 0.1) is 6.92 Å². The van der Waals surface area contributed by atoms with Crippen molar-refractivity contribution in [2.75, 3.05) is 0 Å². The van der Waals surface area contributed by atoms with Crippen molar-refractivity contribution in [3.63, 3.8) is 0 Å². The van der Waals surface area contributed by atoms with Crippen LogP contribution in [0.5, 0.6) is 0 Å². The first-order valence-electron chi connectivity index (χ1n) is 23.6. The highest BCUT2D eigenvalue weighted by molar-refractivity contribution is 5.99. The number of fused-ring (bicyclic) bond motifs is 13. The van der Waals surface area contributed by atoms with Crippen LogP contribution in [0.4, 0.5) is 0 Å². The first-order chi connectivity index (χ1) is 33.1. The Morgan fingerprint density at radius 2 is 0.910 bits per heavy atom. The molecule has 10 aromatic carbocycles. The molecule has 0 atom stereocenters. The van der Waals surface area contributed by atoms with Crippen LogP contribution in [-0.4, -0.2) is 9.55 Å². The van der Waals surface area contributed by atoms with Crippen LogP contribution < -0.4 is 0 Å². The van der Waals surface area contributed by atoms with Gasteiger partial charge in [-0.1, -0.05) is 175 Å². The zero-order valence-electron chi connectivity index (χ0n) is 37.2. The maximum atomic E-state index is 5.15. The molecular weight excluding hydrogens is 809 g/mol. The van der Waals surface area contributed by atoms with Gasteiger partial charge in [0.05, 0.1) is 16.4 Å². The van der Waals surface area contributed by atoms with Crippen molar-refractivity contribution in [2.45, 2.75) is 25.2 Å². The third-order valence-electron chi connectivity index (χ3n) is 14.9. The minimum absolute atomic E-state index is 0.428. The molecule has 1 heterocycles. The third-order valence-corrected chi connectivity index (χ3v) is 14.9. The van der Waals surface area contributed by atoms with E-state index in [-0.39, 0.29) is 0 Å². The first kappa shape index (κ1) is 38.0. The molecule has 0 aliphatic heterocycles. The summed E-state index contributed by atoms with van der Waals surface area (Å²) in [6, 6.07) is 77.5. The molecule has 0 amide bonds. The fourth-order valence-electron chi connectivity index (χ4n) is 11.8. The monoisotopic (exact) mass is 852 g/mol. The normalized spacial score (nSPS) is 14.1. The van der Waals surface area contributed by atoms with Gasteiger partial charge in [0.25, 0.3) is 0 Å². The van der Waals surface area contributed by atoms with E-state index in [0.717, 1.165) is 35.3 Å². The van der Waals surface area contributed by atoms with E-state index in [1.165, 1.54) is 111 Å². The lowest BCUT2D eigenvalue weighted by molar-refractivity contribution is 0.794. The highest BCUT2D eigenvalue weighted by atomic mass is 15.1. The Balaban J connectivity index is 0.831. The summed E-state index contributed by atoms with van der Waals surface area (Å²) < 4.78 is 2.35. The van der Waals surface area contributed by atoms with Crippen molar-refractivity contribution >= 4 is 38.3 Å². The number of aromatic nitrogens is 2. The Bertz CT molecular complexity index is 3900. The maximum Gasteiger partial charge on any atom is 0.145 e. The molecule has 3 aliphatic carbocycles. The van der Waals surface area contributed by atoms with Crippen LogP contribution in [0.25, 0.3) is 105 Å². The highest BCUT2D eigenvalue weighted by Crippen LogP contribution is 2.63. The molecule has 1 aromatic heterocycles. The van der Waals surface area contributed by atoms with E-state index in [0.29, 0.717) is 0 Å². The number of allylic oxidation sites excluding steroid dienone is 4. The van der Waals surface area contributed by atoms with Gasteiger partial charge in [0.15, 0.2) is 0 Å². The fraction of sp³-hybridized carbons (Fsp3) is 0.0615. The lowest BCUT2D eigenvalue weighted by atomic mass is 9.70. The van der Waals surface area contributed by atoms with Gasteiger partial charge in [0.1, 0.15) is 5.82 Å². The minimum Gasteiger partial charge on any atom is -0.296 e. The first-order valence-corrected chi connectivity index (χ1v) is 23.6. The number of rotatable bonds is 5. The molecular formula is C65H44N2. The van der Waals surface area contributed by atoms with E-state index in [1.54, 1.807) is 0 Å². The molecule has 67 heavy (non-hydrogen) atoms. The number of hydrogen-bond donors (Lipinski definition) is 0. The third kappa shape index (κ3) is 5.73. The van der Waals surface area contributed by atoms with Crippen molar-refractivity contribution in [1.82, 2.24) is 9.55 Å². The van der Waals surface area contributed by atoms with Gasteiger partial charge in [-0.05, 0) is 174 Å². The molecule has 0 unspecified atom stereocenters. The van der Waals surface area contributed by atoms with Crippen LogP contribution >= 0.6 is 0 Å². The van der Waals surface area contributed by atoms with E-state index in [9.17, 15) is 0 Å². The second kappa shape index (κ2) is 14.6. The van der Waals surface area contributed by atoms with Gasteiger partial charge in [0, 0.05) is 11.3 Å². The predicted molar refractivity (Wildman–Crippen MR) is 280 cm³/mol. The standard InChI is InChI=1S/C65H44N2/c1-41-12-11-13-42(34-41)50-30-32-56-57-33-31-51(40-61(57)65(60(56)39-50)58-18-7-5-16-54(58)55-17-6-8-19-59(55)65)48-26-24-44-35-43(22-23-46(44)37-48)45-25-27-49-38-52(29-28-47(49)36-45)64-66-62-20-9-10-21-63(62)67(64)53-14-3-2-4-15-53/h2-3,5-14,16-40H,4,15H2,1H3. The molecule has 0 N–H and O–H groups in total. The molecule has 2 nitrogen and oxygen atoms in total. The maximum absolute atomic E-state index is 5.15. The number of hydrogen-bond acceptors (Lipinski definition) is 1. The minimum atomic E-state index is -0.428. The van der Waals surface area contributed by atoms with Crippen LogP contribution in [0.1, 0.15) is 40.7 Å². The summed E-state index contributed by atoms with van der Waals surface area (Å²) in [6.07, 6.45) is 8.68. The molecule has 1 spiro atoms. The second-order valence-corrected chi connectivity index (χ2v) is 18.7. The van der Waals surface area contributed by atoms with E-state index in [1.807, 2.05) is 0 Å². The molecule has 0 bridgehead atoms. The average molecular weight is 853 g/mol. The Kier molecular flexibility index (Phi) is 8.27. The lowest BCUT2D eigenvalue weighted by Gasteiger charge is -2.31. The SMILES string of the molecule is Cc1cccc(-c2ccc3c(c2)C2(c4ccccc4-c4ccccc42)c2cc(-c4ccc5cc(-c6ccc7cc(-c8nc9ccccc9n8C8=CC=CCC8)ccc7c6)ccc5c4)ccc2-3)c1. The van der Waals surface area contributed by atoms with Crippen molar-refractivity contribution in [3.05, 3.63) is 252 Å². The highest BCUT2D eigenvalue weighted by Gasteiger charge is 2.51. The molecule has 0 saturated carbocycles. The number of para-hydroxylation sites is 2. The number of benzene rings is 10. The molecule has 3 aliphatic rings. The van der Waals surface area contributed by atoms with E-state index < -0.39 is 5.41 Å². The van der Waals surface area contributed by atoms with Crippen molar-refractivity contribution in [1.29, 1.82) is 0 Å². The second-order valence-electron chi connectivity index (χ2n) is 18.7. The number of aryl methyl sites for hydroxylation is 1. The van der Waals surface area contributed by atoms with E-state index >= 15 is 0 Å². The lowest BCUT2D eigenvalue weighted by Crippen LogP contribution is -2.26. The largest absolute Gasteiger partial charge is 0.296 e. The Morgan fingerprint density at radius 3 is 1.49 bits per heavy atom. The van der Waals surface area contributed by atoms with Crippen LogP contribution in [0.15, 0.2) is 224 Å². The summed E-state index contributed by atoms with van der Waals surface area (Å²) in [4.78, 5) is 5.15. The molecule has 14 rings (SSSR count). The van der Waals surface area contributed by atoms with Gasteiger partial charge in [-0.25, -0.2) is 4.98 Å². The topological polar surface area (TPSA) is 17.8 Å². The summed E-state index contributed by atoms with van der Waals surface area (Å²) in [6.45, 7) is 2.18. The molecule has 314 valence electrons. The van der Waals surface area contributed by atoms with Gasteiger partial charge in [0.2, 0.25) is 0 Å². The summed E-state index contributed by atoms with van der Waals surface area (Å²) in [7, 11) is 0. The van der Waals surface area contributed by atoms with Crippen molar-refractivity contribution in [3.8, 4) is 67.0 Å². The zero-order chi connectivity index (χ0) is 44.2. The molecule has 2 heteroatoms. The molecule has 0 radical (unpaired) electrons. The van der Waals surface area contributed by atoms with Gasteiger partial charge in [-0.2, -0.15) is 0 Å². The smallest absolute Gasteiger partial charge is 0.145 e. The van der Waals surface area contributed by atoms with Crippen molar-refractivity contribution in [2.24, 2.45) is 0 Å². The predicted octanol–water partition coefficient (Wildman–Crippen LogP) is 16.9. The Morgan fingerprint density at radius 1 is 0.418 bits per heavy atom. The summed E-state index contributed by atoms with van der Waals surface area (Å²) in [5.41, 5.74) is 23.5. The van der Waals surface area contributed by atoms with Gasteiger partial charge >= 0.3 is 0 Å². The quantitative estimate of drug-likeness (QED) is 0.169. The van der Waals surface area contributed by atoms with E-state index in [2.05, 4.69) is 236 Å². The number of imidazole rings is 1. The van der Waals surface area contributed by atoms with Crippen LogP contribution in [-0.2, 0) is 5.41 Å². The molecule has 0 saturated heterocycles. The van der Waals surface area contributed by atoms with Crippen LogP contribution in [0.3, 0.4) is 0 Å². The summed E-state index contributed by atoms with van der Waals surface area (Å²) >= 11 is 0. The van der Waals surface area contributed by atoms with E-state index in [4.69, 9.17) is 4.98 Å². The zero-order valence-corrected chi connectivity index (χ0v) is 37.2. The number of nitrogens with zero attached hydrogens (tertiary/aromatic N) is 2. The van der Waals surface area contributed by atoms with Crippen LogP contribution in [0.2, 0.25) is 0 Å². The average Bonchev–Trinajstić information content (AvgIpc) is 4.02. The van der Waals surface area contributed by atoms with Gasteiger partial charge in [-0.15, -0.1) is 0 Å². The summed E-state index contributed by atoms with van der Waals surface area (Å²) in [5.74, 6) is 0.994. The Labute approximate surface area is 390 Å². The Hall–Kier alpha value is -8.33. The van der Waals surface area contributed by atoms with Gasteiger partial charge < -0.3 is 0 Å². The molecule has 0 fully saturated rings.